The van der Waals surface area contributed by atoms with Crippen molar-refractivity contribution in [3.8, 4) is 0 Å². The van der Waals surface area contributed by atoms with Gasteiger partial charge in [-0.3, -0.25) is 4.79 Å². The number of hydrogen-bond acceptors (Lipinski definition) is 2. The maximum absolute atomic E-state index is 13.3. The number of H-pyrrole nitrogens is 1. The number of rotatable bonds is 5. The number of likely N-dealkylation sites (N-methyl/N-ethyl adjacent to an activating group) is 1. The summed E-state index contributed by atoms with van der Waals surface area (Å²) >= 11 is 0. The number of aromatic amines is 1. The first-order valence-electron chi connectivity index (χ1n) is 8.47. The van der Waals surface area contributed by atoms with Gasteiger partial charge >= 0.3 is 0 Å². The van der Waals surface area contributed by atoms with Gasteiger partial charge in [0, 0.05) is 42.2 Å². The zero-order valence-electron chi connectivity index (χ0n) is 14.7. The number of nitrogens with one attached hydrogen (secondary N) is 1. The van der Waals surface area contributed by atoms with Crippen molar-refractivity contribution < 1.29 is 13.9 Å². The topological polar surface area (TPSA) is 45.3 Å². The molecular weight excluding hydrogens is 307 g/mol. The Hall–Kier alpha value is -1.88. The maximum Gasteiger partial charge on any atom is 0.227 e. The highest BCUT2D eigenvalue weighted by Gasteiger charge is 2.51. The Morgan fingerprint density at radius 3 is 2.88 bits per heavy atom. The second-order valence-electron chi connectivity index (χ2n) is 7.20. The lowest BCUT2D eigenvalue weighted by molar-refractivity contribution is -0.162. The lowest BCUT2D eigenvalue weighted by Gasteiger charge is -2.54. The molecule has 24 heavy (non-hydrogen) atoms. The molecule has 1 amide bonds. The molecular formula is C19H25FN2O2. The third kappa shape index (κ3) is 2.81. The van der Waals surface area contributed by atoms with Gasteiger partial charge in [0.15, 0.2) is 0 Å². The second-order valence-corrected chi connectivity index (χ2v) is 7.20. The molecule has 2 atom stereocenters. The summed E-state index contributed by atoms with van der Waals surface area (Å²) in [5, 5.41) is 0.901. The minimum Gasteiger partial charge on any atom is -0.378 e. The zero-order chi connectivity index (χ0) is 17.5. The van der Waals surface area contributed by atoms with Crippen molar-refractivity contribution in [2.24, 2.45) is 5.41 Å². The van der Waals surface area contributed by atoms with Crippen LogP contribution in [0.25, 0.3) is 10.9 Å². The van der Waals surface area contributed by atoms with Crippen molar-refractivity contribution in [1.82, 2.24) is 9.88 Å². The van der Waals surface area contributed by atoms with Crippen LogP contribution in [0.1, 0.15) is 32.8 Å². The Morgan fingerprint density at radius 2 is 2.21 bits per heavy atom. The summed E-state index contributed by atoms with van der Waals surface area (Å²) in [6.07, 6.45) is 3.19. The van der Waals surface area contributed by atoms with E-state index in [2.05, 4.69) is 18.8 Å². The molecule has 1 aromatic carbocycles. The highest BCUT2D eigenvalue weighted by molar-refractivity contribution is 5.89. The van der Waals surface area contributed by atoms with E-state index < -0.39 is 0 Å². The van der Waals surface area contributed by atoms with E-state index in [1.165, 1.54) is 12.1 Å². The van der Waals surface area contributed by atoms with E-state index in [4.69, 9.17) is 4.74 Å². The fourth-order valence-corrected chi connectivity index (χ4v) is 3.77. The molecule has 0 bridgehead atoms. The molecule has 1 aliphatic rings. The van der Waals surface area contributed by atoms with E-state index in [-0.39, 0.29) is 29.3 Å². The molecule has 2 aromatic rings. The number of amides is 1. The van der Waals surface area contributed by atoms with Crippen LogP contribution < -0.4 is 0 Å². The molecule has 4 nitrogen and oxygen atoms in total. The Labute approximate surface area is 142 Å². The van der Waals surface area contributed by atoms with Gasteiger partial charge in [0.25, 0.3) is 0 Å². The van der Waals surface area contributed by atoms with Crippen molar-refractivity contribution in [2.75, 3.05) is 13.7 Å². The summed E-state index contributed by atoms with van der Waals surface area (Å²) in [7, 11) is 1.87. The van der Waals surface area contributed by atoms with E-state index in [1.807, 2.05) is 18.9 Å². The number of nitrogens with zero attached hydrogens (tertiary/aromatic N) is 1. The number of carbonyl (C=O) groups is 1. The van der Waals surface area contributed by atoms with Crippen LogP contribution in [0.2, 0.25) is 0 Å². The molecule has 0 aliphatic heterocycles. The normalized spacial score (nSPS) is 22.4. The van der Waals surface area contributed by atoms with Crippen LogP contribution in [-0.2, 0) is 16.0 Å². The average Bonchev–Trinajstić information content (AvgIpc) is 2.92. The summed E-state index contributed by atoms with van der Waals surface area (Å²) in [4.78, 5) is 17.6. The second kappa shape index (κ2) is 6.20. The van der Waals surface area contributed by atoms with Gasteiger partial charge in [-0.05, 0) is 37.1 Å². The molecule has 1 aromatic heterocycles. The first kappa shape index (κ1) is 17.0. The summed E-state index contributed by atoms with van der Waals surface area (Å²) in [6.45, 7) is 7.00. The van der Waals surface area contributed by atoms with Crippen molar-refractivity contribution in [3.05, 3.63) is 35.8 Å². The first-order chi connectivity index (χ1) is 11.3. The quantitative estimate of drug-likeness (QED) is 0.911. The van der Waals surface area contributed by atoms with E-state index in [9.17, 15) is 9.18 Å². The third-order valence-corrected chi connectivity index (χ3v) is 5.43. The largest absolute Gasteiger partial charge is 0.378 e. The first-order valence-corrected chi connectivity index (χ1v) is 8.47. The zero-order valence-corrected chi connectivity index (χ0v) is 14.7. The minimum atomic E-state index is -0.280. The molecule has 0 saturated heterocycles. The molecule has 0 radical (unpaired) electrons. The van der Waals surface area contributed by atoms with Gasteiger partial charge in [-0.25, -0.2) is 4.39 Å². The number of aromatic nitrogens is 1. The van der Waals surface area contributed by atoms with Gasteiger partial charge in [0.05, 0.1) is 12.5 Å². The summed E-state index contributed by atoms with van der Waals surface area (Å²) in [5.74, 6) is -0.203. The molecule has 1 heterocycles. The molecule has 1 aliphatic carbocycles. The van der Waals surface area contributed by atoms with Gasteiger partial charge in [-0.15, -0.1) is 0 Å². The molecule has 3 rings (SSSR count). The van der Waals surface area contributed by atoms with Gasteiger partial charge < -0.3 is 14.6 Å². The van der Waals surface area contributed by atoms with E-state index >= 15 is 0 Å². The van der Waals surface area contributed by atoms with Crippen LogP contribution in [0.4, 0.5) is 4.39 Å². The van der Waals surface area contributed by atoms with E-state index in [0.29, 0.717) is 13.0 Å². The average molecular weight is 332 g/mol. The fourth-order valence-electron chi connectivity index (χ4n) is 3.77. The Balaban J connectivity index is 1.70. The van der Waals surface area contributed by atoms with Crippen LogP contribution in [0.15, 0.2) is 24.4 Å². The number of carbonyl (C=O) groups excluding carboxylic acids is 1. The molecule has 130 valence electrons. The summed E-state index contributed by atoms with van der Waals surface area (Å²) in [6, 6.07) is 4.79. The van der Waals surface area contributed by atoms with E-state index in [1.54, 1.807) is 12.3 Å². The minimum absolute atomic E-state index is 0.0379. The van der Waals surface area contributed by atoms with Crippen LogP contribution >= 0.6 is 0 Å². The molecule has 0 unspecified atom stereocenters. The third-order valence-electron chi connectivity index (χ3n) is 5.43. The highest BCUT2D eigenvalue weighted by atomic mass is 19.1. The van der Waals surface area contributed by atoms with Gasteiger partial charge in [0.2, 0.25) is 5.91 Å². The van der Waals surface area contributed by atoms with Gasteiger partial charge in [-0.1, -0.05) is 13.8 Å². The molecule has 0 spiro atoms. The monoisotopic (exact) mass is 332 g/mol. The Bertz CT molecular complexity index is 753. The summed E-state index contributed by atoms with van der Waals surface area (Å²) < 4.78 is 19.0. The van der Waals surface area contributed by atoms with Crippen LogP contribution in [0.5, 0.6) is 0 Å². The van der Waals surface area contributed by atoms with Gasteiger partial charge in [-0.2, -0.15) is 0 Å². The lowest BCUT2D eigenvalue weighted by atomic mass is 9.63. The number of halogens is 1. The summed E-state index contributed by atoms with van der Waals surface area (Å²) in [5.41, 5.74) is 1.59. The van der Waals surface area contributed by atoms with Crippen molar-refractivity contribution in [3.63, 3.8) is 0 Å². The number of hydrogen-bond donors (Lipinski definition) is 1. The van der Waals surface area contributed by atoms with E-state index in [0.717, 1.165) is 22.9 Å². The smallest absolute Gasteiger partial charge is 0.227 e. The standard InChI is InChI=1S/C19H25FN2O2/c1-5-24-17-10-16(19(17,2)3)22(4)18(23)8-12-11-21-15-9-13(20)6-7-14(12)15/h6-7,9,11,16-17,21H,5,8,10H2,1-4H3/t16-,17+/m1/s1. The van der Waals surface area contributed by atoms with Crippen LogP contribution in [0, 0.1) is 11.2 Å². The Kier molecular flexibility index (Phi) is 4.38. The Morgan fingerprint density at radius 1 is 1.46 bits per heavy atom. The van der Waals surface area contributed by atoms with Crippen molar-refractivity contribution in [1.29, 1.82) is 0 Å². The number of fused-ring (bicyclic) bond motifs is 1. The van der Waals surface area contributed by atoms with Crippen molar-refractivity contribution >= 4 is 16.8 Å². The fraction of sp³-hybridized carbons (Fsp3) is 0.526. The number of benzene rings is 1. The van der Waals surface area contributed by atoms with Crippen molar-refractivity contribution in [2.45, 2.75) is 45.8 Å². The maximum atomic E-state index is 13.3. The lowest BCUT2D eigenvalue weighted by Crippen LogP contribution is -2.62. The molecule has 5 heteroatoms. The SMILES string of the molecule is CCO[C@H]1C[C@@H](N(C)C(=O)Cc2c[nH]c3cc(F)ccc23)C1(C)C. The van der Waals surface area contributed by atoms with Crippen LogP contribution in [-0.4, -0.2) is 41.6 Å². The van der Waals surface area contributed by atoms with Gasteiger partial charge in [0.1, 0.15) is 5.82 Å². The molecule has 1 N–H and O–H groups in total. The predicted octanol–water partition coefficient (Wildman–Crippen LogP) is 3.51. The number of ether oxygens (including phenoxy) is 1. The predicted molar refractivity (Wildman–Crippen MR) is 92.3 cm³/mol. The highest BCUT2D eigenvalue weighted by Crippen LogP contribution is 2.45. The molecule has 1 saturated carbocycles. The van der Waals surface area contributed by atoms with Crippen LogP contribution in [0.3, 0.4) is 0 Å². The molecule has 1 fully saturated rings.